The second kappa shape index (κ2) is 8.58. The van der Waals surface area contributed by atoms with E-state index in [4.69, 9.17) is 0 Å². The molecule has 1 aliphatic rings. The zero-order valence-electron chi connectivity index (χ0n) is 12.2. The Morgan fingerprint density at radius 2 is 2.17 bits per heavy atom. The molecule has 0 nitrogen and oxygen atoms in total. The maximum atomic E-state index is 3.94. The lowest BCUT2D eigenvalue weighted by Crippen LogP contribution is -2.29. The highest BCUT2D eigenvalue weighted by atomic mass is 28.2. The summed E-state index contributed by atoms with van der Waals surface area (Å²) in [6.45, 7) is 13.3. The number of allylic oxidation sites excluding steroid dienone is 3. The van der Waals surface area contributed by atoms with Gasteiger partial charge in [-0.2, -0.15) is 0 Å². The minimum atomic E-state index is 0.774. The molecule has 0 bridgehead atoms. The normalized spacial score (nSPS) is 20.1. The van der Waals surface area contributed by atoms with Gasteiger partial charge in [0.15, 0.2) is 6.71 Å². The fourth-order valence-corrected chi connectivity index (χ4v) is 4.41. The van der Waals surface area contributed by atoms with Crippen molar-refractivity contribution >= 4 is 16.2 Å². The first-order chi connectivity index (χ1) is 8.76. The third-order valence-corrected chi connectivity index (χ3v) is 5.30. The zero-order valence-corrected chi connectivity index (χ0v) is 13.2. The van der Waals surface area contributed by atoms with Crippen LogP contribution >= 0.6 is 0 Å². The van der Waals surface area contributed by atoms with Crippen LogP contribution in [0.1, 0.15) is 39.0 Å². The fourth-order valence-electron chi connectivity index (χ4n) is 3.19. The van der Waals surface area contributed by atoms with Gasteiger partial charge in [0.05, 0.1) is 9.52 Å². The molecule has 0 amide bonds. The van der Waals surface area contributed by atoms with Crippen LogP contribution in [0.15, 0.2) is 36.0 Å². The molecule has 1 rings (SSSR count). The SMILES string of the molecule is C=CCB1CC(CC=C)CC(CCCC)=C1[Si]C. The summed E-state index contributed by atoms with van der Waals surface area (Å²) in [4.78, 5) is 0. The predicted octanol–water partition coefficient (Wildman–Crippen LogP) is 5.00. The third kappa shape index (κ3) is 4.31. The molecular formula is C16H27BSi. The molecule has 1 unspecified atom stereocenters. The summed E-state index contributed by atoms with van der Waals surface area (Å²) in [7, 11) is 0.986. The molecule has 18 heavy (non-hydrogen) atoms. The van der Waals surface area contributed by atoms with Crippen molar-refractivity contribution < 1.29 is 0 Å². The topological polar surface area (TPSA) is 0 Å². The van der Waals surface area contributed by atoms with Gasteiger partial charge >= 0.3 is 0 Å². The molecule has 0 spiro atoms. The molecule has 2 radical (unpaired) electrons. The summed E-state index contributed by atoms with van der Waals surface area (Å²) in [5, 5.41) is 1.78. The number of unbranched alkanes of at least 4 members (excludes halogenated alkanes) is 1. The molecule has 0 aromatic heterocycles. The second-order valence-electron chi connectivity index (χ2n) is 5.42. The van der Waals surface area contributed by atoms with E-state index in [-0.39, 0.29) is 0 Å². The molecule has 0 saturated carbocycles. The predicted molar refractivity (Wildman–Crippen MR) is 86.7 cm³/mol. The molecule has 1 heterocycles. The minimum absolute atomic E-state index is 0.774. The Morgan fingerprint density at radius 3 is 2.72 bits per heavy atom. The van der Waals surface area contributed by atoms with E-state index in [0.29, 0.717) is 0 Å². The molecule has 0 N–H and O–H groups in total. The van der Waals surface area contributed by atoms with Gasteiger partial charge < -0.3 is 0 Å². The van der Waals surface area contributed by atoms with Crippen molar-refractivity contribution in [3.8, 4) is 0 Å². The molecule has 1 aliphatic heterocycles. The Kier molecular flexibility index (Phi) is 7.41. The van der Waals surface area contributed by atoms with E-state index in [9.17, 15) is 0 Å². The summed E-state index contributed by atoms with van der Waals surface area (Å²) in [6, 6.07) is 0. The van der Waals surface area contributed by atoms with E-state index in [0.717, 1.165) is 22.2 Å². The molecular weight excluding hydrogens is 231 g/mol. The second-order valence-corrected chi connectivity index (χ2v) is 6.46. The summed E-state index contributed by atoms with van der Waals surface area (Å²) in [5.74, 6) is 0.833. The first kappa shape index (κ1) is 15.6. The van der Waals surface area contributed by atoms with Crippen LogP contribution in [0.25, 0.3) is 0 Å². The molecule has 0 saturated heterocycles. The lowest BCUT2D eigenvalue weighted by atomic mass is 9.39. The summed E-state index contributed by atoms with van der Waals surface area (Å²) < 4.78 is 0. The largest absolute Gasteiger partial charge is 0.169 e. The monoisotopic (exact) mass is 258 g/mol. The average molecular weight is 258 g/mol. The fraction of sp³-hybridized carbons (Fsp3) is 0.625. The molecule has 98 valence electrons. The molecule has 0 aromatic rings. The lowest BCUT2D eigenvalue weighted by Gasteiger charge is -2.31. The van der Waals surface area contributed by atoms with Crippen LogP contribution < -0.4 is 0 Å². The number of hydrogen-bond donors (Lipinski definition) is 0. The van der Waals surface area contributed by atoms with Gasteiger partial charge in [0.25, 0.3) is 0 Å². The highest BCUT2D eigenvalue weighted by molar-refractivity contribution is 6.81. The standard InChI is InChI=1S/C16H27BSi/c1-5-8-10-15-12-14(9-6-2)13-17(11-7-3)16(15)18-4/h6-7,14H,2-3,5,8-13H2,1,4H3. The van der Waals surface area contributed by atoms with Crippen LogP contribution in [0.5, 0.6) is 0 Å². The maximum Gasteiger partial charge on any atom is 0.169 e. The Morgan fingerprint density at radius 1 is 1.39 bits per heavy atom. The van der Waals surface area contributed by atoms with Crippen molar-refractivity contribution in [2.75, 3.05) is 0 Å². The van der Waals surface area contributed by atoms with Gasteiger partial charge in [0, 0.05) is 0 Å². The van der Waals surface area contributed by atoms with Crippen molar-refractivity contribution in [1.82, 2.24) is 0 Å². The third-order valence-electron chi connectivity index (χ3n) is 3.99. The molecule has 0 aromatic carbocycles. The summed E-state index contributed by atoms with van der Waals surface area (Å²) in [6.07, 6.45) is 13.2. The van der Waals surface area contributed by atoms with Crippen molar-refractivity contribution in [3.05, 3.63) is 36.0 Å². The van der Waals surface area contributed by atoms with Gasteiger partial charge in [0.1, 0.15) is 0 Å². The van der Waals surface area contributed by atoms with Crippen molar-refractivity contribution in [2.45, 2.75) is 58.2 Å². The zero-order chi connectivity index (χ0) is 13.4. The van der Waals surface area contributed by atoms with E-state index in [2.05, 4.69) is 38.8 Å². The first-order valence-electron chi connectivity index (χ1n) is 7.38. The Labute approximate surface area is 117 Å². The van der Waals surface area contributed by atoms with Crippen LogP contribution in [0.2, 0.25) is 19.2 Å². The van der Waals surface area contributed by atoms with E-state index in [1.54, 1.807) is 10.7 Å². The first-order valence-corrected chi connectivity index (χ1v) is 8.88. The Bertz CT molecular complexity index is 306. The lowest BCUT2D eigenvalue weighted by molar-refractivity contribution is 0.554. The number of hydrogen-bond acceptors (Lipinski definition) is 0. The van der Waals surface area contributed by atoms with Crippen molar-refractivity contribution in [3.63, 3.8) is 0 Å². The van der Waals surface area contributed by atoms with Gasteiger partial charge in [-0.05, 0) is 31.6 Å². The van der Waals surface area contributed by atoms with Gasteiger partial charge in [-0.3, -0.25) is 0 Å². The maximum absolute atomic E-state index is 3.94. The van der Waals surface area contributed by atoms with Gasteiger partial charge in [-0.15, -0.1) is 18.3 Å². The smallest absolute Gasteiger partial charge is 0.115 e. The minimum Gasteiger partial charge on any atom is -0.115 e. The summed E-state index contributed by atoms with van der Waals surface area (Å²) in [5.41, 5.74) is 1.78. The van der Waals surface area contributed by atoms with Gasteiger partial charge in [-0.1, -0.05) is 50.3 Å². The number of rotatable bonds is 8. The van der Waals surface area contributed by atoms with Crippen LogP contribution in [0, 0.1) is 5.92 Å². The highest BCUT2D eigenvalue weighted by Crippen LogP contribution is 2.35. The Balaban J connectivity index is 2.85. The van der Waals surface area contributed by atoms with E-state index in [1.807, 2.05) is 0 Å². The van der Waals surface area contributed by atoms with Gasteiger partial charge in [0.2, 0.25) is 0 Å². The quantitative estimate of drug-likeness (QED) is 0.424. The van der Waals surface area contributed by atoms with Crippen molar-refractivity contribution in [1.29, 1.82) is 0 Å². The van der Waals surface area contributed by atoms with E-state index in [1.165, 1.54) is 44.7 Å². The van der Waals surface area contributed by atoms with Crippen molar-refractivity contribution in [2.24, 2.45) is 5.92 Å². The molecule has 0 aliphatic carbocycles. The highest BCUT2D eigenvalue weighted by Gasteiger charge is 2.28. The molecule has 0 fully saturated rings. The van der Waals surface area contributed by atoms with Crippen LogP contribution in [0.3, 0.4) is 0 Å². The Hall–Kier alpha value is -0.498. The average Bonchev–Trinajstić information content (AvgIpc) is 2.37. The molecule has 2 heteroatoms. The van der Waals surface area contributed by atoms with Crippen LogP contribution in [0.4, 0.5) is 0 Å². The molecule has 1 atom stereocenters. The summed E-state index contributed by atoms with van der Waals surface area (Å²) >= 11 is 0. The van der Waals surface area contributed by atoms with Crippen LogP contribution in [-0.2, 0) is 0 Å². The van der Waals surface area contributed by atoms with Gasteiger partial charge in [-0.25, -0.2) is 0 Å². The van der Waals surface area contributed by atoms with E-state index >= 15 is 0 Å². The van der Waals surface area contributed by atoms with Crippen LogP contribution in [-0.4, -0.2) is 16.2 Å². The van der Waals surface area contributed by atoms with E-state index < -0.39 is 0 Å².